The highest BCUT2D eigenvalue weighted by Gasteiger charge is 2.29. The molecule has 1 N–H and O–H groups in total. The Morgan fingerprint density at radius 3 is 2.21 bits per heavy atom. The molecule has 0 bridgehead atoms. The van der Waals surface area contributed by atoms with Crippen molar-refractivity contribution in [1.29, 1.82) is 0 Å². The Labute approximate surface area is 209 Å². The molecule has 1 fully saturated rings. The van der Waals surface area contributed by atoms with Crippen LogP contribution >= 0.6 is 27.5 Å². The SMILES string of the molecule is CC(=O)N1CCN(S(=O)(=O)c2ccc(C(C)C)cc2)CC1.O=CNCc1ccc(Br)cc1Cl. The summed E-state index contributed by atoms with van der Waals surface area (Å²) >= 11 is 9.17. The minimum Gasteiger partial charge on any atom is -0.355 e. The fraction of sp³-hybridized carbons (Fsp3) is 0.391. The third-order valence-electron chi connectivity index (χ3n) is 5.26. The number of carbonyl (C=O) groups excluding carboxylic acids is 2. The van der Waals surface area contributed by atoms with Crippen LogP contribution in [-0.4, -0.2) is 56.1 Å². The molecule has 2 aromatic rings. The molecule has 0 unspecified atom stereocenters. The Bertz CT molecular complexity index is 1050. The van der Waals surface area contributed by atoms with E-state index in [1.165, 1.54) is 11.2 Å². The van der Waals surface area contributed by atoms with E-state index in [4.69, 9.17) is 11.6 Å². The third kappa shape index (κ3) is 7.81. The van der Waals surface area contributed by atoms with E-state index >= 15 is 0 Å². The summed E-state index contributed by atoms with van der Waals surface area (Å²) in [5, 5.41) is 3.20. The van der Waals surface area contributed by atoms with Crippen LogP contribution in [0.2, 0.25) is 5.02 Å². The largest absolute Gasteiger partial charge is 0.355 e. The quantitative estimate of drug-likeness (QED) is 0.543. The van der Waals surface area contributed by atoms with E-state index in [0.29, 0.717) is 55.0 Å². The predicted molar refractivity (Wildman–Crippen MR) is 134 cm³/mol. The fourth-order valence-corrected chi connectivity index (χ4v) is 5.40. The molecule has 2 amide bonds. The fourth-order valence-electron chi connectivity index (χ4n) is 3.23. The highest BCUT2D eigenvalue weighted by Crippen LogP contribution is 2.22. The van der Waals surface area contributed by atoms with E-state index in [2.05, 4.69) is 35.1 Å². The lowest BCUT2D eigenvalue weighted by Gasteiger charge is -2.33. The van der Waals surface area contributed by atoms with Crippen molar-refractivity contribution in [3.8, 4) is 0 Å². The lowest BCUT2D eigenvalue weighted by Crippen LogP contribution is -2.49. The molecular formula is C23H29BrClN3O4S. The van der Waals surface area contributed by atoms with Gasteiger partial charge in [0.05, 0.1) is 4.90 Å². The number of benzene rings is 2. The summed E-state index contributed by atoms with van der Waals surface area (Å²) in [7, 11) is -3.46. The van der Waals surface area contributed by atoms with E-state index < -0.39 is 10.0 Å². The van der Waals surface area contributed by atoms with E-state index in [9.17, 15) is 18.0 Å². The lowest BCUT2D eigenvalue weighted by atomic mass is 10.0. The first kappa shape index (κ1) is 27.3. The maximum absolute atomic E-state index is 12.6. The highest BCUT2D eigenvalue weighted by atomic mass is 79.9. The van der Waals surface area contributed by atoms with Crippen LogP contribution in [0.4, 0.5) is 0 Å². The molecule has 3 rings (SSSR count). The smallest absolute Gasteiger partial charge is 0.243 e. The summed E-state index contributed by atoms with van der Waals surface area (Å²) in [6.07, 6.45) is 0.651. The number of nitrogens with zero attached hydrogens (tertiary/aromatic N) is 2. The molecule has 2 aromatic carbocycles. The minimum absolute atomic E-state index is 0.00617. The second kappa shape index (κ2) is 12.5. The van der Waals surface area contributed by atoms with Crippen molar-refractivity contribution in [1.82, 2.24) is 14.5 Å². The zero-order chi connectivity index (χ0) is 24.6. The number of carbonyl (C=O) groups is 2. The van der Waals surface area contributed by atoms with Gasteiger partial charge in [-0.15, -0.1) is 0 Å². The zero-order valence-electron chi connectivity index (χ0n) is 18.9. The van der Waals surface area contributed by atoms with Gasteiger partial charge in [0.25, 0.3) is 0 Å². The maximum atomic E-state index is 12.6. The van der Waals surface area contributed by atoms with Crippen molar-refractivity contribution in [2.45, 2.75) is 38.1 Å². The molecule has 0 aliphatic carbocycles. The van der Waals surface area contributed by atoms with Crippen LogP contribution in [-0.2, 0) is 26.2 Å². The van der Waals surface area contributed by atoms with Crippen LogP contribution in [0.25, 0.3) is 0 Å². The van der Waals surface area contributed by atoms with Crippen molar-refractivity contribution in [2.75, 3.05) is 26.2 Å². The van der Waals surface area contributed by atoms with Crippen molar-refractivity contribution < 1.29 is 18.0 Å². The Morgan fingerprint density at radius 1 is 1.12 bits per heavy atom. The molecule has 33 heavy (non-hydrogen) atoms. The van der Waals surface area contributed by atoms with E-state index in [-0.39, 0.29) is 5.91 Å². The average Bonchev–Trinajstić information content (AvgIpc) is 2.79. The first-order valence-electron chi connectivity index (χ1n) is 10.5. The van der Waals surface area contributed by atoms with E-state index in [0.717, 1.165) is 15.6 Å². The second-order valence-electron chi connectivity index (χ2n) is 7.87. The van der Waals surface area contributed by atoms with Crippen LogP contribution in [0.3, 0.4) is 0 Å². The molecular weight excluding hydrogens is 530 g/mol. The summed E-state index contributed by atoms with van der Waals surface area (Å²) in [5.41, 5.74) is 2.03. The van der Waals surface area contributed by atoms with Crippen LogP contribution in [0.1, 0.15) is 37.8 Å². The number of piperazine rings is 1. The second-order valence-corrected chi connectivity index (χ2v) is 11.1. The summed E-state index contributed by atoms with van der Waals surface area (Å²) in [4.78, 5) is 23.3. The zero-order valence-corrected chi connectivity index (χ0v) is 22.1. The molecule has 0 aromatic heterocycles. The van der Waals surface area contributed by atoms with Crippen LogP contribution in [0.5, 0.6) is 0 Å². The number of halogens is 2. The van der Waals surface area contributed by atoms with Gasteiger partial charge in [0.2, 0.25) is 22.3 Å². The molecule has 1 saturated heterocycles. The number of amides is 2. The number of rotatable bonds is 6. The lowest BCUT2D eigenvalue weighted by molar-refractivity contribution is -0.130. The molecule has 180 valence electrons. The number of sulfonamides is 1. The Kier molecular flexibility index (Phi) is 10.3. The van der Waals surface area contributed by atoms with Crippen molar-refractivity contribution in [3.63, 3.8) is 0 Å². The predicted octanol–water partition coefficient (Wildman–Crippen LogP) is 4.01. The number of hydrogen-bond acceptors (Lipinski definition) is 4. The number of nitrogens with one attached hydrogen (secondary N) is 1. The molecule has 0 spiro atoms. The Hall–Kier alpha value is -1.94. The van der Waals surface area contributed by atoms with E-state index in [1.807, 2.05) is 24.3 Å². The highest BCUT2D eigenvalue weighted by molar-refractivity contribution is 9.10. The summed E-state index contributed by atoms with van der Waals surface area (Å²) < 4.78 is 27.5. The summed E-state index contributed by atoms with van der Waals surface area (Å²) in [6.45, 7) is 7.75. The first-order chi connectivity index (χ1) is 15.6. The molecule has 1 aliphatic heterocycles. The Balaban J connectivity index is 0.000000273. The molecule has 0 atom stereocenters. The molecule has 1 aliphatic rings. The molecule has 0 saturated carbocycles. The van der Waals surface area contributed by atoms with Crippen LogP contribution in [0, 0.1) is 0 Å². The standard InChI is InChI=1S/C15H22N2O3S.C8H7BrClNO/c1-12(2)14-4-6-15(7-5-14)21(19,20)17-10-8-16(9-11-17)13(3)18;9-7-2-1-6(4-11-5-12)8(10)3-7/h4-7,12H,8-11H2,1-3H3;1-3,5H,4H2,(H,11,12). The van der Waals surface area contributed by atoms with Gasteiger partial charge in [0.15, 0.2) is 0 Å². The Morgan fingerprint density at radius 2 is 1.73 bits per heavy atom. The van der Waals surface area contributed by atoms with Gasteiger partial charge < -0.3 is 10.2 Å². The van der Waals surface area contributed by atoms with Crippen molar-refractivity contribution >= 4 is 49.9 Å². The van der Waals surface area contributed by atoms with Crippen LogP contribution in [0.15, 0.2) is 51.8 Å². The van der Waals surface area contributed by atoms with Gasteiger partial charge in [-0.1, -0.05) is 59.6 Å². The normalized spacial score (nSPS) is 14.4. The van der Waals surface area contributed by atoms with Gasteiger partial charge >= 0.3 is 0 Å². The topological polar surface area (TPSA) is 86.8 Å². The van der Waals surface area contributed by atoms with Crippen LogP contribution < -0.4 is 5.32 Å². The monoisotopic (exact) mass is 557 g/mol. The molecule has 0 radical (unpaired) electrons. The van der Waals surface area contributed by atoms with Gasteiger partial charge in [0, 0.05) is 49.1 Å². The van der Waals surface area contributed by atoms with Gasteiger partial charge in [0.1, 0.15) is 0 Å². The van der Waals surface area contributed by atoms with Gasteiger partial charge in [-0.3, -0.25) is 9.59 Å². The first-order valence-corrected chi connectivity index (χ1v) is 13.1. The molecule has 7 nitrogen and oxygen atoms in total. The van der Waals surface area contributed by atoms with E-state index in [1.54, 1.807) is 23.1 Å². The van der Waals surface area contributed by atoms with Gasteiger partial charge in [-0.25, -0.2) is 8.42 Å². The minimum atomic E-state index is -3.46. The number of hydrogen-bond donors (Lipinski definition) is 1. The molecule has 10 heteroatoms. The van der Waals surface area contributed by atoms with Gasteiger partial charge in [-0.05, 0) is 41.3 Å². The molecule has 1 heterocycles. The van der Waals surface area contributed by atoms with Crippen molar-refractivity contribution in [3.05, 3.63) is 63.1 Å². The summed E-state index contributed by atoms with van der Waals surface area (Å²) in [6, 6.07) is 12.6. The maximum Gasteiger partial charge on any atom is 0.243 e. The third-order valence-corrected chi connectivity index (χ3v) is 8.02. The average molecular weight is 559 g/mol. The van der Waals surface area contributed by atoms with Gasteiger partial charge in [-0.2, -0.15) is 4.31 Å². The van der Waals surface area contributed by atoms with Crippen molar-refractivity contribution in [2.24, 2.45) is 0 Å². The summed E-state index contributed by atoms with van der Waals surface area (Å²) in [5.74, 6) is 0.370.